The van der Waals surface area contributed by atoms with Crippen molar-refractivity contribution in [1.29, 1.82) is 0 Å². The highest BCUT2D eigenvalue weighted by atomic mass is 32.1. The summed E-state index contributed by atoms with van der Waals surface area (Å²) in [6.45, 7) is 13.4. The summed E-state index contributed by atoms with van der Waals surface area (Å²) in [5.41, 5.74) is 1.40. The average molecular weight is 281 g/mol. The molecule has 1 atom stereocenters. The predicted octanol–water partition coefficient (Wildman–Crippen LogP) is 3.01. The van der Waals surface area contributed by atoms with E-state index in [0.717, 1.165) is 26.2 Å². The van der Waals surface area contributed by atoms with Crippen LogP contribution >= 0.6 is 11.3 Å². The molecule has 1 aromatic rings. The fraction of sp³-hybridized carbons (Fsp3) is 0.800. The Hall–Kier alpha value is -0.450. The van der Waals surface area contributed by atoms with Gasteiger partial charge in [-0.25, -0.2) is 4.98 Å². The first-order chi connectivity index (χ1) is 8.99. The van der Waals surface area contributed by atoms with Crippen LogP contribution in [0.1, 0.15) is 51.2 Å². The highest BCUT2D eigenvalue weighted by Crippen LogP contribution is 2.24. The number of nitrogens with zero attached hydrogens (tertiary/aromatic N) is 2. The lowest BCUT2D eigenvalue weighted by molar-refractivity contribution is 0.186. The van der Waals surface area contributed by atoms with E-state index in [1.165, 1.54) is 23.5 Å². The number of rotatable bonds is 4. The Balaban J connectivity index is 1.92. The first kappa shape index (κ1) is 14.9. The molecule has 0 spiro atoms. The molecular formula is C15H27N3S. The Morgan fingerprint density at radius 2 is 2.26 bits per heavy atom. The summed E-state index contributed by atoms with van der Waals surface area (Å²) in [6.07, 6.45) is 2.54. The third-order valence-corrected chi connectivity index (χ3v) is 4.49. The molecule has 0 bridgehead atoms. The molecule has 0 radical (unpaired) electrons. The largest absolute Gasteiger partial charge is 0.311 e. The lowest BCUT2D eigenvalue weighted by Gasteiger charge is -2.33. The first-order valence-electron chi connectivity index (χ1n) is 7.39. The molecule has 1 fully saturated rings. The van der Waals surface area contributed by atoms with Crippen molar-refractivity contribution in [2.75, 3.05) is 19.6 Å². The van der Waals surface area contributed by atoms with Crippen molar-refractivity contribution >= 4 is 11.3 Å². The summed E-state index contributed by atoms with van der Waals surface area (Å²) in [5, 5.41) is 7.10. The summed E-state index contributed by atoms with van der Waals surface area (Å²) in [5.74, 6) is 0. The maximum atomic E-state index is 4.80. The van der Waals surface area contributed by atoms with Crippen molar-refractivity contribution < 1.29 is 0 Å². The molecular weight excluding hydrogens is 254 g/mol. The Labute approximate surface area is 121 Å². The fourth-order valence-electron chi connectivity index (χ4n) is 2.50. The van der Waals surface area contributed by atoms with Crippen molar-refractivity contribution in [2.45, 2.75) is 58.5 Å². The van der Waals surface area contributed by atoms with Crippen LogP contribution in [0.4, 0.5) is 0 Å². The molecule has 0 aromatic carbocycles. The van der Waals surface area contributed by atoms with Gasteiger partial charge in [0, 0.05) is 36.5 Å². The summed E-state index contributed by atoms with van der Waals surface area (Å²) < 4.78 is 0. The van der Waals surface area contributed by atoms with E-state index in [4.69, 9.17) is 4.98 Å². The van der Waals surface area contributed by atoms with Gasteiger partial charge >= 0.3 is 0 Å². The Morgan fingerprint density at radius 1 is 1.47 bits per heavy atom. The normalized spacial score (nSPS) is 21.8. The highest BCUT2D eigenvalue weighted by Gasteiger charge is 2.21. The van der Waals surface area contributed by atoms with Crippen LogP contribution in [-0.2, 0) is 12.0 Å². The van der Waals surface area contributed by atoms with E-state index < -0.39 is 0 Å². The van der Waals surface area contributed by atoms with Gasteiger partial charge in [-0.2, -0.15) is 0 Å². The quantitative estimate of drug-likeness (QED) is 0.919. The number of hydrogen-bond donors (Lipinski definition) is 1. The lowest BCUT2D eigenvalue weighted by atomic mass is 9.93. The molecule has 1 saturated heterocycles. The Morgan fingerprint density at radius 3 is 2.89 bits per heavy atom. The third kappa shape index (κ3) is 4.26. The van der Waals surface area contributed by atoms with Gasteiger partial charge in [0.15, 0.2) is 0 Å². The van der Waals surface area contributed by atoms with E-state index in [1.54, 1.807) is 0 Å². The number of aromatic nitrogens is 1. The smallest absolute Gasteiger partial charge is 0.107 e. The van der Waals surface area contributed by atoms with Crippen LogP contribution in [-0.4, -0.2) is 35.6 Å². The first-order valence-corrected chi connectivity index (χ1v) is 8.27. The predicted molar refractivity (Wildman–Crippen MR) is 82.8 cm³/mol. The standard InChI is InChI=1S/C15H27N3S/c1-5-6-12-9-18(8-7-16-12)10-14-17-13(11-19-14)15(2,3)4/h11-12,16H,5-10H2,1-4H3. The Bertz CT molecular complexity index is 392. The molecule has 1 aromatic heterocycles. The molecule has 0 aliphatic carbocycles. The van der Waals surface area contributed by atoms with Crippen molar-refractivity contribution in [3.63, 3.8) is 0 Å². The van der Waals surface area contributed by atoms with E-state index in [0.29, 0.717) is 6.04 Å². The van der Waals surface area contributed by atoms with Gasteiger partial charge in [0.1, 0.15) is 5.01 Å². The van der Waals surface area contributed by atoms with Crippen molar-refractivity contribution in [3.8, 4) is 0 Å². The second kappa shape index (κ2) is 6.33. The molecule has 108 valence electrons. The summed E-state index contributed by atoms with van der Waals surface area (Å²) in [4.78, 5) is 7.35. The summed E-state index contributed by atoms with van der Waals surface area (Å²) in [6, 6.07) is 0.667. The lowest BCUT2D eigenvalue weighted by Crippen LogP contribution is -2.50. The molecule has 2 rings (SSSR count). The van der Waals surface area contributed by atoms with Crippen LogP contribution < -0.4 is 5.32 Å². The van der Waals surface area contributed by atoms with Crippen molar-refractivity contribution in [3.05, 3.63) is 16.1 Å². The number of nitrogens with one attached hydrogen (secondary N) is 1. The number of hydrogen-bond acceptors (Lipinski definition) is 4. The second-order valence-corrected chi connectivity index (χ2v) is 7.49. The zero-order valence-electron chi connectivity index (χ0n) is 12.7. The van der Waals surface area contributed by atoms with Gasteiger partial charge in [-0.1, -0.05) is 34.1 Å². The van der Waals surface area contributed by atoms with Crippen molar-refractivity contribution in [1.82, 2.24) is 15.2 Å². The van der Waals surface area contributed by atoms with E-state index in [2.05, 4.69) is 43.3 Å². The minimum absolute atomic E-state index is 0.170. The monoisotopic (exact) mass is 281 g/mol. The van der Waals surface area contributed by atoms with Crippen LogP contribution in [0, 0.1) is 0 Å². The third-order valence-electron chi connectivity index (χ3n) is 3.66. The molecule has 1 N–H and O–H groups in total. The maximum absolute atomic E-state index is 4.80. The van der Waals surface area contributed by atoms with E-state index in [1.807, 2.05) is 11.3 Å². The minimum Gasteiger partial charge on any atom is -0.311 e. The minimum atomic E-state index is 0.170. The van der Waals surface area contributed by atoms with Crippen LogP contribution in [0.2, 0.25) is 0 Å². The SMILES string of the molecule is CCCC1CN(Cc2nc(C(C)(C)C)cs2)CCN1. The van der Waals surface area contributed by atoms with Crippen LogP contribution in [0.5, 0.6) is 0 Å². The molecule has 0 amide bonds. The van der Waals surface area contributed by atoms with Gasteiger partial charge in [0.2, 0.25) is 0 Å². The zero-order valence-corrected chi connectivity index (χ0v) is 13.5. The van der Waals surface area contributed by atoms with E-state index in [9.17, 15) is 0 Å². The van der Waals surface area contributed by atoms with Crippen molar-refractivity contribution in [2.24, 2.45) is 0 Å². The van der Waals surface area contributed by atoms with Crippen LogP contribution in [0.15, 0.2) is 5.38 Å². The van der Waals surface area contributed by atoms with Crippen LogP contribution in [0.3, 0.4) is 0 Å². The van der Waals surface area contributed by atoms with E-state index >= 15 is 0 Å². The van der Waals surface area contributed by atoms with Gasteiger partial charge in [-0.15, -0.1) is 11.3 Å². The van der Waals surface area contributed by atoms with Gasteiger partial charge < -0.3 is 5.32 Å². The molecule has 1 aliphatic heterocycles. The topological polar surface area (TPSA) is 28.2 Å². The fourth-order valence-corrected chi connectivity index (χ4v) is 3.56. The molecule has 4 heteroatoms. The second-order valence-electron chi connectivity index (χ2n) is 6.55. The Kier molecular flexibility index (Phi) is 4.98. The van der Waals surface area contributed by atoms with Gasteiger partial charge in [0.05, 0.1) is 12.2 Å². The van der Waals surface area contributed by atoms with Gasteiger partial charge in [-0.05, 0) is 6.42 Å². The average Bonchev–Trinajstić information content (AvgIpc) is 2.78. The van der Waals surface area contributed by atoms with Crippen LogP contribution in [0.25, 0.3) is 0 Å². The molecule has 0 saturated carbocycles. The molecule has 2 heterocycles. The highest BCUT2D eigenvalue weighted by molar-refractivity contribution is 7.09. The van der Waals surface area contributed by atoms with E-state index in [-0.39, 0.29) is 5.41 Å². The molecule has 19 heavy (non-hydrogen) atoms. The zero-order chi connectivity index (χ0) is 13.9. The van der Waals surface area contributed by atoms with Gasteiger partial charge in [0.25, 0.3) is 0 Å². The summed E-state index contributed by atoms with van der Waals surface area (Å²) >= 11 is 1.81. The number of thiazole rings is 1. The molecule has 1 aliphatic rings. The van der Waals surface area contributed by atoms with Gasteiger partial charge in [-0.3, -0.25) is 4.90 Å². The molecule has 1 unspecified atom stereocenters. The molecule has 3 nitrogen and oxygen atoms in total. The summed E-state index contributed by atoms with van der Waals surface area (Å²) in [7, 11) is 0. The maximum Gasteiger partial charge on any atom is 0.107 e. The number of piperazine rings is 1.